The van der Waals surface area contributed by atoms with Crippen LogP contribution in [-0.2, 0) is 5.41 Å². The van der Waals surface area contributed by atoms with Gasteiger partial charge in [-0.15, -0.1) is 0 Å². The Balaban J connectivity index is 0.879. The number of furan rings is 2. The Morgan fingerprint density at radius 3 is 1.81 bits per heavy atom. The molecule has 63 heavy (non-hydrogen) atoms. The third-order valence-electron chi connectivity index (χ3n) is 13.4. The van der Waals surface area contributed by atoms with E-state index in [0.29, 0.717) is 0 Å². The fraction of sp³-hybridized carbons (Fsp3) is 0.0508. The zero-order valence-electron chi connectivity index (χ0n) is 34.8. The molecule has 4 nitrogen and oxygen atoms in total. The lowest BCUT2D eigenvalue weighted by Crippen LogP contribution is -2.16. The highest BCUT2D eigenvalue weighted by atomic mass is 16.3. The number of para-hydroxylation sites is 3. The molecule has 0 N–H and O–H groups in total. The summed E-state index contributed by atoms with van der Waals surface area (Å²) in [6.45, 7) is 4.68. The van der Waals surface area contributed by atoms with Gasteiger partial charge in [-0.1, -0.05) is 123 Å². The van der Waals surface area contributed by atoms with E-state index >= 15 is 0 Å². The molecule has 0 amide bonds. The van der Waals surface area contributed by atoms with Crippen molar-refractivity contribution in [2.24, 2.45) is 0 Å². The Hall–Kier alpha value is -8.08. The van der Waals surface area contributed by atoms with Crippen molar-refractivity contribution in [3.05, 3.63) is 217 Å². The van der Waals surface area contributed by atoms with Gasteiger partial charge in [0.25, 0.3) is 0 Å². The van der Waals surface area contributed by atoms with E-state index < -0.39 is 0 Å². The molecule has 13 rings (SSSR count). The van der Waals surface area contributed by atoms with Gasteiger partial charge in [0.1, 0.15) is 22.5 Å². The smallest absolute Gasteiger partial charge is 0.136 e. The van der Waals surface area contributed by atoms with Gasteiger partial charge in [-0.25, -0.2) is 0 Å². The predicted octanol–water partition coefficient (Wildman–Crippen LogP) is 16.5. The van der Waals surface area contributed by atoms with E-state index in [1.165, 1.54) is 43.9 Å². The average Bonchev–Trinajstić information content (AvgIpc) is 4.08. The van der Waals surface area contributed by atoms with Crippen LogP contribution in [0.15, 0.2) is 215 Å². The van der Waals surface area contributed by atoms with Crippen molar-refractivity contribution >= 4 is 71.8 Å². The standard InChI is InChI=1S/C59H40N2O2/c1-59(2)49-15-7-4-12-45(49)46-32-31-44(36-50(46)59)60(42-29-23-39(24-30-42)56-35-40-11-3-9-17-53(40)62-56)41-25-19-37(20-26-41)38-21-27-43(28-22-38)61-51-16-8-5-13-47(51)57-52(61)33-34-55-58(57)48-14-6-10-18-54(48)63-55/h3-36H,1-2H3. The molecule has 3 aromatic heterocycles. The van der Waals surface area contributed by atoms with Gasteiger partial charge in [-0.05, 0) is 130 Å². The van der Waals surface area contributed by atoms with Crippen LogP contribution in [0, 0.1) is 0 Å². The molecule has 0 spiro atoms. The van der Waals surface area contributed by atoms with Crippen LogP contribution in [0.1, 0.15) is 25.0 Å². The molecule has 12 aromatic rings. The van der Waals surface area contributed by atoms with Crippen molar-refractivity contribution in [2.45, 2.75) is 19.3 Å². The lowest BCUT2D eigenvalue weighted by Gasteiger charge is -2.28. The Morgan fingerprint density at radius 1 is 0.413 bits per heavy atom. The van der Waals surface area contributed by atoms with Crippen LogP contribution >= 0.6 is 0 Å². The third kappa shape index (κ3) is 5.41. The molecule has 4 heteroatoms. The molecule has 9 aromatic carbocycles. The lowest BCUT2D eigenvalue weighted by molar-refractivity contribution is 0.631. The molecule has 0 fully saturated rings. The van der Waals surface area contributed by atoms with Crippen LogP contribution in [0.5, 0.6) is 0 Å². The molecular formula is C59H40N2O2. The minimum absolute atomic E-state index is 0.117. The summed E-state index contributed by atoms with van der Waals surface area (Å²) in [4.78, 5) is 2.37. The molecule has 298 valence electrons. The van der Waals surface area contributed by atoms with Gasteiger partial charge in [-0.2, -0.15) is 0 Å². The first-order chi connectivity index (χ1) is 31.0. The Labute approximate surface area is 364 Å². The van der Waals surface area contributed by atoms with Crippen molar-refractivity contribution in [3.8, 4) is 39.3 Å². The predicted molar refractivity (Wildman–Crippen MR) is 261 cm³/mol. The number of fused-ring (bicyclic) bond motifs is 11. The van der Waals surface area contributed by atoms with Crippen LogP contribution < -0.4 is 4.90 Å². The number of benzene rings is 9. The second-order valence-electron chi connectivity index (χ2n) is 17.3. The van der Waals surface area contributed by atoms with Gasteiger partial charge >= 0.3 is 0 Å². The Kier molecular flexibility index (Phi) is 7.62. The zero-order chi connectivity index (χ0) is 41.8. The van der Waals surface area contributed by atoms with Gasteiger partial charge < -0.3 is 18.3 Å². The van der Waals surface area contributed by atoms with Crippen molar-refractivity contribution in [3.63, 3.8) is 0 Å². The SMILES string of the molecule is CC1(C)c2ccccc2-c2ccc(N(c3ccc(-c4ccc(-n5c6ccccc6c6c7c(ccc65)oc5ccccc57)cc4)cc3)c3ccc(-c4cc5ccccc5o4)cc3)cc21. The Bertz CT molecular complexity index is 3720. The summed E-state index contributed by atoms with van der Waals surface area (Å²) in [7, 11) is 0. The summed E-state index contributed by atoms with van der Waals surface area (Å²) >= 11 is 0. The molecule has 0 bridgehead atoms. The first-order valence-electron chi connectivity index (χ1n) is 21.7. The minimum Gasteiger partial charge on any atom is -0.456 e. The summed E-state index contributed by atoms with van der Waals surface area (Å²) in [5.41, 5.74) is 18.0. The fourth-order valence-corrected chi connectivity index (χ4v) is 10.3. The lowest BCUT2D eigenvalue weighted by atomic mass is 9.82. The van der Waals surface area contributed by atoms with Crippen molar-refractivity contribution < 1.29 is 8.83 Å². The van der Waals surface area contributed by atoms with E-state index in [1.54, 1.807) is 0 Å². The highest BCUT2D eigenvalue weighted by Crippen LogP contribution is 2.51. The normalized spacial score (nSPS) is 13.0. The van der Waals surface area contributed by atoms with Crippen LogP contribution in [0.3, 0.4) is 0 Å². The van der Waals surface area contributed by atoms with E-state index in [2.05, 4.69) is 205 Å². The van der Waals surface area contributed by atoms with Gasteiger partial charge in [0.05, 0.1) is 11.0 Å². The maximum atomic E-state index is 6.32. The second kappa shape index (κ2) is 13.5. The van der Waals surface area contributed by atoms with Gasteiger partial charge in [0.15, 0.2) is 0 Å². The molecule has 0 atom stereocenters. The van der Waals surface area contributed by atoms with Crippen molar-refractivity contribution in [1.82, 2.24) is 4.57 Å². The number of anilines is 3. The summed E-state index contributed by atoms with van der Waals surface area (Å²) in [6.07, 6.45) is 0. The number of nitrogens with zero attached hydrogens (tertiary/aromatic N) is 2. The highest BCUT2D eigenvalue weighted by molar-refractivity contribution is 6.27. The van der Waals surface area contributed by atoms with E-state index in [4.69, 9.17) is 8.83 Å². The number of rotatable bonds is 6. The highest BCUT2D eigenvalue weighted by Gasteiger charge is 2.35. The molecule has 0 radical (unpaired) electrons. The van der Waals surface area contributed by atoms with E-state index in [1.807, 2.05) is 24.3 Å². The molecule has 0 aliphatic heterocycles. The van der Waals surface area contributed by atoms with E-state index in [-0.39, 0.29) is 5.41 Å². The van der Waals surface area contributed by atoms with Gasteiger partial charge in [0.2, 0.25) is 0 Å². The van der Waals surface area contributed by atoms with Gasteiger partial charge in [-0.3, -0.25) is 0 Å². The maximum Gasteiger partial charge on any atom is 0.136 e. The first-order valence-corrected chi connectivity index (χ1v) is 21.7. The summed E-state index contributed by atoms with van der Waals surface area (Å²) < 4.78 is 15.0. The summed E-state index contributed by atoms with van der Waals surface area (Å²) in [5.74, 6) is 0.865. The van der Waals surface area contributed by atoms with Crippen LogP contribution in [0.25, 0.3) is 94.0 Å². The summed E-state index contributed by atoms with van der Waals surface area (Å²) in [5, 5.41) is 5.85. The molecule has 0 unspecified atom stereocenters. The number of hydrogen-bond donors (Lipinski definition) is 0. The zero-order valence-corrected chi connectivity index (χ0v) is 34.8. The molecule has 0 saturated heterocycles. The minimum atomic E-state index is -0.117. The molecule has 0 saturated carbocycles. The number of aromatic nitrogens is 1. The molecule has 1 aliphatic rings. The quantitative estimate of drug-likeness (QED) is 0.168. The third-order valence-corrected chi connectivity index (χ3v) is 13.4. The van der Waals surface area contributed by atoms with Crippen LogP contribution in [-0.4, -0.2) is 4.57 Å². The van der Waals surface area contributed by atoms with Gasteiger partial charge in [0, 0.05) is 60.7 Å². The number of hydrogen-bond acceptors (Lipinski definition) is 3. The summed E-state index contributed by atoms with van der Waals surface area (Å²) in [6, 6.07) is 74.1. The second-order valence-corrected chi connectivity index (χ2v) is 17.3. The van der Waals surface area contributed by atoms with Crippen LogP contribution in [0.2, 0.25) is 0 Å². The topological polar surface area (TPSA) is 34.5 Å². The van der Waals surface area contributed by atoms with Crippen molar-refractivity contribution in [2.75, 3.05) is 4.90 Å². The largest absolute Gasteiger partial charge is 0.456 e. The molecule has 1 aliphatic carbocycles. The van der Waals surface area contributed by atoms with Crippen LogP contribution in [0.4, 0.5) is 17.1 Å². The first kappa shape index (κ1) is 35.7. The molecule has 3 heterocycles. The van der Waals surface area contributed by atoms with E-state index in [0.717, 1.165) is 78.2 Å². The fourth-order valence-electron chi connectivity index (χ4n) is 10.3. The molecular weight excluding hydrogens is 769 g/mol. The van der Waals surface area contributed by atoms with E-state index in [9.17, 15) is 0 Å². The monoisotopic (exact) mass is 808 g/mol. The average molecular weight is 809 g/mol. The van der Waals surface area contributed by atoms with Crippen molar-refractivity contribution in [1.29, 1.82) is 0 Å². The Morgan fingerprint density at radius 2 is 1.03 bits per heavy atom. The maximum absolute atomic E-state index is 6.32.